The number of alkyl halides is 1. The molecule has 0 atom stereocenters. The highest BCUT2D eigenvalue weighted by Gasteiger charge is 2.01. The molecule has 14 heavy (non-hydrogen) atoms. The second-order valence-electron chi connectivity index (χ2n) is 3.11. The first kappa shape index (κ1) is 9.21. The molecule has 0 spiro atoms. The summed E-state index contributed by atoms with van der Waals surface area (Å²) in [6.45, 7) is 0. The Labute approximate surface area is 87.3 Å². The topological polar surface area (TPSA) is 30.7 Å². The van der Waals surface area contributed by atoms with Gasteiger partial charge in [-0.25, -0.2) is 0 Å². The molecule has 1 aromatic carbocycles. The zero-order chi connectivity index (χ0) is 9.97. The standard InChI is InChI=1S/C10H10ClN3/c1-14-7-10(12-13-14)9-4-2-8(6-11)3-5-9/h2-5,7H,6H2,1H3. The van der Waals surface area contributed by atoms with Crippen molar-refractivity contribution in [1.82, 2.24) is 15.0 Å². The summed E-state index contributed by atoms with van der Waals surface area (Å²) < 4.78 is 1.69. The van der Waals surface area contributed by atoms with Gasteiger partial charge in [-0.15, -0.1) is 16.7 Å². The van der Waals surface area contributed by atoms with Crippen LogP contribution in [0.25, 0.3) is 11.3 Å². The summed E-state index contributed by atoms with van der Waals surface area (Å²) in [6, 6.07) is 8.00. The van der Waals surface area contributed by atoms with Gasteiger partial charge in [0.15, 0.2) is 0 Å². The lowest BCUT2D eigenvalue weighted by molar-refractivity contribution is 0.715. The van der Waals surface area contributed by atoms with E-state index in [-0.39, 0.29) is 0 Å². The number of aryl methyl sites for hydroxylation is 1. The summed E-state index contributed by atoms with van der Waals surface area (Å²) in [6.07, 6.45) is 1.88. The van der Waals surface area contributed by atoms with Gasteiger partial charge in [0.05, 0.1) is 6.20 Å². The quantitative estimate of drug-likeness (QED) is 0.707. The van der Waals surface area contributed by atoms with Gasteiger partial charge in [0.2, 0.25) is 0 Å². The molecule has 0 aliphatic carbocycles. The third-order valence-electron chi connectivity index (χ3n) is 2.01. The van der Waals surface area contributed by atoms with Crippen LogP contribution in [0.1, 0.15) is 5.56 Å². The van der Waals surface area contributed by atoms with Gasteiger partial charge >= 0.3 is 0 Å². The Bertz CT molecular complexity index is 419. The van der Waals surface area contributed by atoms with Crippen LogP contribution < -0.4 is 0 Å². The summed E-state index contributed by atoms with van der Waals surface area (Å²) in [5.74, 6) is 0.542. The van der Waals surface area contributed by atoms with Crippen molar-refractivity contribution < 1.29 is 0 Å². The zero-order valence-electron chi connectivity index (χ0n) is 7.81. The Morgan fingerprint density at radius 2 is 2.00 bits per heavy atom. The highest BCUT2D eigenvalue weighted by molar-refractivity contribution is 6.17. The maximum Gasteiger partial charge on any atom is 0.113 e. The third kappa shape index (κ3) is 1.77. The van der Waals surface area contributed by atoms with Gasteiger partial charge < -0.3 is 0 Å². The molecule has 72 valence electrons. The predicted molar refractivity (Wildman–Crippen MR) is 56.0 cm³/mol. The van der Waals surface area contributed by atoms with E-state index in [9.17, 15) is 0 Å². The molecule has 3 nitrogen and oxygen atoms in total. The molecular weight excluding hydrogens is 198 g/mol. The lowest BCUT2D eigenvalue weighted by atomic mass is 10.1. The second-order valence-corrected chi connectivity index (χ2v) is 3.38. The minimum atomic E-state index is 0.542. The van der Waals surface area contributed by atoms with Crippen LogP contribution in [-0.4, -0.2) is 15.0 Å². The van der Waals surface area contributed by atoms with E-state index in [4.69, 9.17) is 11.6 Å². The monoisotopic (exact) mass is 207 g/mol. The number of rotatable bonds is 2. The van der Waals surface area contributed by atoms with E-state index in [0.717, 1.165) is 16.8 Å². The normalized spacial score (nSPS) is 10.4. The van der Waals surface area contributed by atoms with Crippen LogP contribution in [0.2, 0.25) is 0 Å². The highest BCUT2D eigenvalue weighted by atomic mass is 35.5. The molecule has 1 heterocycles. The SMILES string of the molecule is Cn1cc(-c2ccc(CCl)cc2)nn1. The van der Waals surface area contributed by atoms with Gasteiger partial charge in [0, 0.05) is 18.5 Å². The van der Waals surface area contributed by atoms with Gasteiger partial charge in [-0.1, -0.05) is 29.5 Å². The average molecular weight is 208 g/mol. The van der Waals surface area contributed by atoms with Gasteiger partial charge in [-0.3, -0.25) is 4.68 Å². The molecule has 0 saturated heterocycles. The maximum atomic E-state index is 5.70. The molecule has 0 saturated carbocycles. The number of hydrogen-bond acceptors (Lipinski definition) is 2. The summed E-state index contributed by atoms with van der Waals surface area (Å²) in [7, 11) is 1.85. The Hall–Kier alpha value is -1.35. The minimum absolute atomic E-state index is 0.542. The van der Waals surface area contributed by atoms with Crippen molar-refractivity contribution in [3.05, 3.63) is 36.0 Å². The van der Waals surface area contributed by atoms with Crippen molar-refractivity contribution in [3.63, 3.8) is 0 Å². The van der Waals surface area contributed by atoms with E-state index < -0.39 is 0 Å². The smallest absolute Gasteiger partial charge is 0.113 e. The molecule has 0 bridgehead atoms. The van der Waals surface area contributed by atoms with Crippen molar-refractivity contribution in [2.45, 2.75) is 5.88 Å². The molecule has 0 radical (unpaired) electrons. The summed E-state index contributed by atoms with van der Waals surface area (Å²) in [5.41, 5.74) is 3.06. The molecule has 0 N–H and O–H groups in total. The summed E-state index contributed by atoms with van der Waals surface area (Å²) in [5, 5.41) is 7.90. The zero-order valence-corrected chi connectivity index (χ0v) is 8.57. The van der Waals surface area contributed by atoms with Crippen molar-refractivity contribution in [2.75, 3.05) is 0 Å². The van der Waals surface area contributed by atoms with E-state index >= 15 is 0 Å². The van der Waals surface area contributed by atoms with Crippen LogP contribution >= 0.6 is 11.6 Å². The molecule has 2 aromatic rings. The molecule has 1 aromatic heterocycles. The van der Waals surface area contributed by atoms with Gasteiger partial charge in [0.1, 0.15) is 5.69 Å². The second kappa shape index (κ2) is 3.80. The van der Waals surface area contributed by atoms with E-state index in [1.807, 2.05) is 37.5 Å². The average Bonchev–Trinajstić information content (AvgIpc) is 2.65. The Morgan fingerprint density at radius 1 is 1.29 bits per heavy atom. The molecule has 0 fully saturated rings. The summed E-state index contributed by atoms with van der Waals surface area (Å²) in [4.78, 5) is 0. The minimum Gasteiger partial charge on any atom is -0.255 e. The van der Waals surface area contributed by atoms with Crippen molar-refractivity contribution in [3.8, 4) is 11.3 Å². The first-order chi connectivity index (χ1) is 6.79. The number of halogens is 1. The van der Waals surface area contributed by atoms with Crippen LogP contribution in [0.3, 0.4) is 0 Å². The van der Waals surface area contributed by atoms with E-state index in [2.05, 4.69) is 10.3 Å². The first-order valence-corrected chi connectivity index (χ1v) is 4.84. The van der Waals surface area contributed by atoms with Crippen molar-refractivity contribution in [2.24, 2.45) is 7.05 Å². The van der Waals surface area contributed by atoms with Gasteiger partial charge in [-0.2, -0.15) is 0 Å². The van der Waals surface area contributed by atoms with Gasteiger partial charge in [-0.05, 0) is 5.56 Å². The Morgan fingerprint density at radius 3 is 2.50 bits per heavy atom. The first-order valence-electron chi connectivity index (χ1n) is 4.31. The number of aromatic nitrogens is 3. The van der Waals surface area contributed by atoms with Crippen LogP contribution in [-0.2, 0) is 12.9 Å². The fraction of sp³-hybridized carbons (Fsp3) is 0.200. The molecule has 0 unspecified atom stereocenters. The molecular formula is C10H10ClN3. The number of benzene rings is 1. The highest BCUT2D eigenvalue weighted by Crippen LogP contribution is 2.16. The van der Waals surface area contributed by atoms with E-state index in [1.165, 1.54) is 0 Å². The van der Waals surface area contributed by atoms with E-state index in [0.29, 0.717) is 5.88 Å². The Kier molecular flexibility index (Phi) is 2.50. The fourth-order valence-electron chi connectivity index (χ4n) is 1.24. The molecule has 2 rings (SSSR count). The maximum absolute atomic E-state index is 5.70. The molecule has 0 amide bonds. The van der Waals surface area contributed by atoms with Crippen LogP contribution in [0.15, 0.2) is 30.5 Å². The predicted octanol–water partition coefficient (Wildman–Crippen LogP) is 2.22. The lowest BCUT2D eigenvalue weighted by Gasteiger charge is -1.97. The third-order valence-corrected chi connectivity index (χ3v) is 2.32. The molecule has 0 aliphatic heterocycles. The van der Waals surface area contributed by atoms with Crippen LogP contribution in [0, 0.1) is 0 Å². The molecule has 4 heteroatoms. The number of hydrogen-bond donors (Lipinski definition) is 0. The summed E-state index contributed by atoms with van der Waals surface area (Å²) >= 11 is 5.70. The molecule has 0 aliphatic rings. The van der Waals surface area contributed by atoms with Crippen LogP contribution in [0.4, 0.5) is 0 Å². The lowest BCUT2D eigenvalue weighted by Crippen LogP contribution is -1.85. The largest absolute Gasteiger partial charge is 0.255 e. The fourth-order valence-corrected chi connectivity index (χ4v) is 1.42. The number of nitrogens with zero attached hydrogens (tertiary/aromatic N) is 3. The van der Waals surface area contributed by atoms with Crippen LogP contribution in [0.5, 0.6) is 0 Å². The van der Waals surface area contributed by atoms with Crippen molar-refractivity contribution in [1.29, 1.82) is 0 Å². The van der Waals surface area contributed by atoms with Gasteiger partial charge in [0.25, 0.3) is 0 Å². The Balaban J connectivity index is 2.33. The van der Waals surface area contributed by atoms with E-state index in [1.54, 1.807) is 4.68 Å². The van der Waals surface area contributed by atoms with Crippen molar-refractivity contribution >= 4 is 11.6 Å².